The molecule has 1 aromatic carbocycles. The average molecular weight is 318 g/mol. The lowest BCUT2D eigenvalue weighted by atomic mass is 10.1. The molecule has 1 rings (SSSR count). The normalized spacial score (nSPS) is 10.1. The van der Waals surface area contributed by atoms with E-state index in [2.05, 4.69) is 17.6 Å². The molecule has 0 spiro atoms. The number of nitrogens with one attached hydrogen (secondary N) is 2. The zero-order valence-electron chi connectivity index (χ0n) is 13.8. The van der Waals surface area contributed by atoms with Gasteiger partial charge in [0.1, 0.15) is 0 Å². The molecule has 0 saturated heterocycles. The fraction of sp³-hybridized carbons (Fsp3) is 0.500. The molecule has 0 bridgehead atoms. The van der Waals surface area contributed by atoms with Crippen molar-refractivity contribution in [2.75, 3.05) is 6.54 Å². The summed E-state index contributed by atoms with van der Waals surface area (Å²) < 4.78 is 0. The van der Waals surface area contributed by atoms with Crippen molar-refractivity contribution in [1.29, 1.82) is 0 Å². The number of rotatable bonds is 11. The first kappa shape index (κ1) is 18.9. The fourth-order valence-corrected chi connectivity index (χ4v) is 2.11. The van der Waals surface area contributed by atoms with Crippen molar-refractivity contribution in [1.82, 2.24) is 10.6 Å². The second kappa shape index (κ2) is 11.4. The molecule has 1 aromatic rings. The molecular weight excluding hydrogens is 292 g/mol. The van der Waals surface area contributed by atoms with Gasteiger partial charge in [0.05, 0.1) is 6.54 Å². The van der Waals surface area contributed by atoms with Crippen molar-refractivity contribution in [2.24, 2.45) is 0 Å². The van der Waals surface area contributed by atoms with Gasteiger partial charge in [0.15, 0.2) is 0 Å². The van der Waals surface area contributed by atoms with Crippen LogP contribution >= 0.6 is 0 Å². The first-order chi connectivity index (χ1) is 11.1. The number of ketones is 1. The zero-order valence-corrected chi connectivity index (χ0v) is 13.8. The molecule has 0 radical (unpaired) electrons. The van der Waals surface area contributed by atoms with Gasteiger partial charge in [0, 0.05) is 13.0 Å². The summed E-state index contributed by atoms with van der Waals surface area (Å²) in [7, 11) is 0. The number of amides is 2. The van der Waals surface area contributed by atoms with Gasteiger partial charge < -0.3 is 10.6 Å². The highest BCUT2D eigenvalue weighted by Gasteiger charge is 2.14. The van der Waals surface area contributed by atoms with E-state index in [0.29, 0.717) is 13.0 Å². The Kier molecular flexibility index (Phi) is 9.36. The molecule has 23 heavy (non-hydrogen) atoms. The van der Waals surface area contributed by atoms with Crippen LogP contribution in [0.1, 0.15) is 51.0 Å². The molecule has 0 aliphatic rings. The van der Waals surface area contributed by atoms with E-state index in [1.165, 1.54) is 12.8 Å². The number of unbranched alkanes of at least 4 members (excludes halogenated alkanes) is 4. The van der Waals surface area contributed by atoms with Gasteiger partial charge in [0.2, 0.25) is 11.7 Å². The molecule has 5 nitrogen and oxygen atoms in total. The van der Waals surface area contributed by atoms with Crippen LogP contribution in [0.25, 0.3) is 0 Å². The number of hydrogen-bond donors (Lipinski definition) is 2. The topological polar surface area (TPSA) is 75.3 Å². The van der Waals surface area contributed by atoms with Crippen LogP contribution in [-0.4, -0.2) is 24.1 Å². The van der Waals surface area contributed by atoms with E-state index < -0.39 is 11.7 Å². The standard InChI is InChI=1S/C18H26N2O3/c1-2-3-4-5-9-12-17(22)19-14-16(21)18(23)20-13-15-10-7-6-8-11-15/h6-8,10-11H,2-5,9,12-14H2,1H3,(H,19,22)(H,20,23). The molecule has 5 heteroatoms. The lowest BCUT2D eigenvalue weighted by molar-refractivity contribution is -0.138. The molecule has 0 heterocycles. The second-order valence-electron chi connectivity index (χ2n) is 5.53. The Labute approximate surface area is 137 Å². The average Bonchev–Trinajstić information content (AvgIpc) is 2.58. The van der Waals surface area contributed by atoms with Gasteiger partial charge in [-0.25, -0.2) is 0 Å². The van der Waals surface area contributed by atoms with Crippen molar-refractivity contribution in [3.8, 4) is 0 Å². The third-order valence-electron chi connectivity index (χ3n) is 3.50. The van der Waals surface area contributed by atoms with Crippen LogP contribution in [-0.2, 0) is 20.9 Å². The maximum Gasteiger partial charge on any atom is 0.289 e. The summed E-state index contributed by atoms with van der Waals surface area (Å²) in [4.78, 5) is 34.9. The van der Waals surface area contributed by atoms with Crippen LogP contribution in [0.2, 0.25) is 0 Å². The van der Waals surface area contributed by atoms with E-state index in [-0.39, 0.29) is 12.5 Å². The summed E-state index contributed by atoms with van der Waals surface area (Å²) in [5, 5.41) is 5.05. The Hall–Kier alpha value is -2.17. The third kappa shape index (κ3) is 8.76. The Morgan fingerprint density at radius 3 is 2.30 bits per heavy atom. The third-order valence-corrected chi connectivity index (χ3v) is 3.50. The summed E-state index contributed by atoms with van der Waals surface area (Å²) in [6.45, 7) is 2.20. The summed E-state index contributed by atoms with van der Waals surface area (Å²) in [5.41, 5.74) is 0.921. The van der Waals surface area contributed by atoms with E-state index in [4.69, 9.17) is 0 Å². The van der Waals surface area contributed by atoms with Crippen LogP contribution < -0.4 is 10.6 Å². The molecule has 0 fully saturated rings. The van der Waals surface area contributed by atoms with Crippen molar-refractivity contribution in [3.05, 3.63) is 35.9 Å². The summed E-state index contributed by atoms with van der Waals surface area (Å²) in [5.74, 6) is -1.47. The van der Waals surface area contributed by atoms with Crippen molar-refractivity contribution in [3.63, 3.8) is 0 Å². The Morgan fingerprint density at radius 1 is 0.913 bits per heavy atom. The van der Waals surface area contributed by atoms with Crippen LogP contribution in [0.3, 0.4) is 0 Å². The van der Waals surface area contributed by atoms with Crippen LogP contribution in [0.15, 0.2) is 30.3 Å². The van der Waals surface area contributed by atoms with Crippen LogP contribution in [0.4, 0.5) is 0 Å². The molecule has 0 atom stereocenters. The quantitative estimate of drug-likeness (QED) is 0.486. The van der Waals surface area contributed by atoms with Gasteiger partial charge in [-0.3, -0.25) is 14.4 Å². The summed E-state index contributed by atoms with van der Waals surface area (Å²) in [6.07, 6.45) is 5.72. The van der Waals surface area contributed by atoms with Crippen LogP contribution in [0, 0.1) is 0 Å². The number of hydrogen-bond acceptors (Lipinski definition) is 3. The number of Topliss-reactive ketones (excluding diaryl/α,β-unsaturated/α-hetero) is 1. The first-order valence-electron chi connectivity index (χ1n) is 8.25. The van der Waals surface area contributed by atoms with Gasteiger partial charge in [-0.05, 0) is 12.0 Å². The van der Waals surface area contributed by atoms with Gasteiger partial charge in [0.25, 0.3) is 5.91 Å². The highest BCUT2D eigenvalue weighted by molar-refractivity contribution is 6.37. The van der Waals surface area contributed by atoms with Gasteiger partial charge in [-0.2, -0.15) is 0 Å². The number of carbonyl (C=O) groups is 3. The molecule has 0 unspecified atom stereocenters. The largest absolute Gasteiger partial charge is 0.348 e. The predicted octanol–water partition coefficient (Wildman–Crippen LogP) is 2.35. The summed E-state index contributed by atoms with van der Waals surface area (Å²) >= 11 is 0. The molecule has 126 valence electrons. The smallest absolute Gasteiger partial charge is 0.289 e. The molecule has 0 aromatic heterocycles. The first-order valence-corrected chi connectivity index (χ1v) is 8.25. The van der Waals surface area contributed by atoms with Gasteiger partial charge >= 0.3 is 0 Å². The van der Waals surface area contributed by atoms with E-state index in [1.807, 2.05) is 30.3 Å². The zero-order chi connectivity index (χ0) is 16.9. The number of benzene rings is 1. The van der Waals surface area contributed by atoms with Gasteiger partial charge in [-0.1, -0.05) is 62.9 Å². The Balaban J connectivity index is 2.14. The minimum absolute atomic E-state index is 0.175. The maximum atomic E-state index is 11.7. The van der Waals surface area contributed by atoms with Crippen molar-refractivity contribution < 1.29 is 14.4 Å². The molecule has 0 saturated carbocycles. The van der Waals surface area contributed by atoms with E-state index in [1.54, 1.807) is 0 Å². The number of carbonyl (C=O) groups excluding carboxylic acids is 3. The monoisotopic (exact) mass is 318 g/mol. The minimum atomic E-state index is -0.669. The SMILES string of the molecule is CCCCCCCC(=O)NCC(=O)C(=O)NCc1ccccc1. The van der Waals surface area contributed by atoms with Crippen molar-refractivity contribution in [2.45, 2.75) is 52.0 Å². The fourth-order valence-electron chi connectivity index (χ4n) is 2.11. The van der Waals surface area contributed by atoms with E-state index in [0.717, 1.165) is 24.8 Å². The second-order valence-corrected chi connectivity index (χ2v) is 5.53. The van der Waals surface area contributed by atoms with E-state index in [9.17, 15) is 14.4 Å². The lowest BCUT2D eigenvalue weighted by Crippen LogP contribution is -2.38. The molecule has 2 amide bonds. The van der Waals surface area contributed by atoms with Crippen molar-refractivity contribution >= 4 is 17.6 Å². The highest BCUT2D eigenvalue weighted by atomic mass is 16.2. The highest BCUT2D eigenvalue weighted by Crippen LogP contribution is 2.04. The molecular formula is C18H26N2O3. The lowest BCUT2D eigenvalue weighted by Gasteiger charge is -2.06. The van der Waals surface area contributed by atoms with Crippen LogP contribution in [0.5, 0.6) is 0 Å². The Morgan fingerprint density at radius 2 is 1.61 bits per heavy atom. The summed E-state index contributed by atoms with van der Waals surface area (Å²) in [6, 6.07) is 9.35. The maximum absolute atomic E-state index is 11.7. The van der Waals surface area contributed by atoms with E-state index >= 15 is 0 Å². The Bertz CT molecular complexity index is 500. The molecule has 0 aliphatic carbocycles. The minimum Gasteiger partial charge on any atom is -0.348 e. The van der Waals surface area contributed by atoms with Gasteiger partial charge in [-0.15, -0.1) is 0 Å². The predicted molar refractivity (Wildman–Crippen MR) is 89.7 cm³/mol. The molecule has 2 N–H and O–H groups in total. The molecule has 0 aliphatic heterocycles.